The number of rotatable bonds is 2. The zero-order valence-corrected chi connectivity index (χ0v) is 13.9. The second kappa shape index (κ2) is 5.59. The Morgan fingerprint density at radius 3 is 2.48 bits per heavy atom. The van der Waals surface area contributed by atoms with E-state index in [0.717, 1.165) is 11.1 Å². The van der Waals surface area contributed by atoms with Crippen molar-refractivity contribution in [1.29, 1.82) is 0 Å². The molecule has 3 N–H and O–H groups in total. The molecule has 2 unspecified atom stereocenters. The number of nitrogens with two attached hydrogens (primary N) is 1. The summed E-state index contributed by atoms with van der Waals surface area (Å²) in [7, 11) is -3.63. The predicted octanol–water partition coefficient (Wildman–Crippen LogP) is 1.59. The SMILES string of the molecule is Cc1cc(N)c(C)c(S(=O)(=O)N2CCC(C)C(O)C2)c1C. The highest BCUT2D eigenvalue weighted by atomic mass is 32.2. The molecule has 0 amide bonds. The average molecular weight is 312 g/mol. The van der Waals surface area contributed by atoms with Gasteiger partial charge in [0.1, 0.15) is 0 Å². The predicted molar refractivity (Wildman–Crippen MR) is 83.6 cm³/mol. The Hall–Kier alpha value is -1.11. The summed E-state index contributed by atoms with van der Waals surface area (Å²) in [6.45, 7) is 7.92. The van der Waals surface area contributed by atoms with Crippen LogP contribution in [0, 0.1) is 26.7 Å². The first kappa shape index (κ1) is 16.3. The highest BCUT2D eigenvalue weighted by Crippen LogP contribution is 2.32. The van der Waals surface area contributed by atoms with Gasteiger partial charge in [0.15, 0.2) is 0 Å². The van der Waals surface area contributed by atoms with Crippen LogP contribution in [0.2, 0.25) is 0 Å². The molecule has 6 heteroatoms. The van der Waals surface area contributed by atoms with Crippen LogP contribution in [0.3, 0.4) is 0 Å². The number of hydrogen-bond acceptors (Lipinski definition) is 4. The molecule has 2 atom stereocenters. The van der Waals surface area contributed by atoms with Crippen LogP contribution in [0.4, 0.5) is 5.69 Å². The number of sulfonamides is 1. The van der Waals surface area contributed by atoms with E-state index in [9.17, 15) is 13.5 Å². The van der Waals surface area contributed by atoms with E-state index in [1.807, 2.05) is 13.8 Å². The van der Waals surface area contributed by atoms with Gasteiger partial charge in [0.05, 0.1) is 11.0 Å². The van der Waals surface area contributed by atoms with Crippen molar-refractivity contribution in [2.45, 2.75) is 45.1 Å². The lowest BCUT2D eigenvalue weighted by Crippen LogP contribution is -2.46. The number of aliphatic hydroxyl groups excluding tert-OH is 1. The molecule has 1 saturated heterocycles. The molecule has 21 heavy (non-hydrogen) atoms. The summed E-state index contributed by atoms with van der Waals surface area (Å²) in [5.41, 5.74) is 8.61. The first-order chi connectivity index (χ1) is 9.66. The Labute approximate surface area is 126 Å². The van der Waals surface area contributed by atoms with E-state index >= 15 is 0 Å². The summed E-state index contributed by atoms with van der Waals surface area (Å²) in [6.07, 6.45) is 0.0519. The fourth-order valence-corrected chi connectivity index (χ4v) is 4.80. The molecular formula is C15H24N2O3S. The minimum Gasteiger partial charge on any atom is -0.398 e. The van der Waals surface area contributed by atoms with Gasteiger partial charge < -0.3 is 10.8 Å². The normalized spacial score (nSPS) is 24.2. The number of aryl methyl sites for hydroxylation is 1. The van der Waals surface area contributed by atoms with E-state index in [2.05, 4.69) is 0 Å². The van der Waals surface area contributed by atoms with Crippen molar-refractivity contribution in [3.8, 4) is 0 Å². The lowest BCUT2D eigenvalue weighted by atomic mass is 9.98. The summed E-state index contributed by atoms with van der Waals surface area (Å²) in [6, 6.07) is 1.80. The van der Waals surface area contributed by atoms with Gasteiger partial charge in [-0.2, -0.15) is 4.31 Å². The Balaban J connectivity index is 2.51. The van der Waals surface area contributed by atoms with Gasteiger partial charge in [-0.15, -0.1) is 0 Å². The zero-order valence-electron chi connectivity index (χ0n) is 13.0. The largest absolute Gasteiger partial charge is 0.398 e. The fourth-order valence-electron chi connectivity index (χ4n) is 2.80. The van der Waals surface area contributed by atoms with Crippen molar-refractivity contribution >= 4 is 15.7 Å². The summed E-state index contributed by atoms with van der Waals surface area (Å²) >= 11 is 0. The van der Waals surface area contributed by atoms with Gasteiger partial charge in [-0.05, 0) is 55.9 Å². The summed E-state index contributed by atoms with van der Waals surface area (Å²) in [5.74, 6) is 0.126. The molecule has 1 aliphatic rings. The van der Waals surface area contributed by atoms with Gasteiger partial charge in [0.2, 0.25) is 10.0 Å². The van der Waals surface area contributed by atoms with Crippen molar-refractivity contribution in [3.05, 3.63) is 22.8 Å². The molecule has 0 aliphatic carbocycles. The van der Waals surface area contributed by atoms with Crippen molar-refractivity contribution < 1.29 is 13.5 Å². The van der Waals surface area contributed by atoms with Gasteiger partial charge >= 0.3 is 0 Å². The molecule has 2 rings (SSSR count). The van der Waals surface area contributed by atoms with Crippen LogP contribution < -0.4 is 5.73 Å². The zero-order chi connectivity index (χ0) is 15.9. The van der Waals surface area contributed by atoms with Crippen molar-refractivity contribution in [3.63, 3.8) is 0 Å². The molecule has 0 bridgehead atoms. The Morgan fingerprint density at radius 1 is 1.29 bits per heavy atom. The third-order valence-electron chi connectivity index (χ3n) is 4.56. The standard InChI is InChI=1S/C15H24N2O3S/c1-9-5-6-17(8-14(9)18)21(19,20)15-11(3)10(2)7-13(16)12(15)4/h7,9,14,18H,5-6,8,16H2,1-4H3. The highest BCUT2D eigenvalue weighted by Gasteiger charge is 2.35. The molecule has 1 aromatic carbocycles. The third kappa shape index (κ3) is 2.80. The molecule has 118 valence electrons. The quantitative estimate of drug-likeness (QED) is 0.812. The van der Waals surface area contributed by atoms with E-state index in [1.165, 1.54) is 4.31 Å². The van der Waals surface area contributed by atoms with Crippen LogP contribution >= 0.6 is 0 Å². The summed E-state index contributed by atoms with van der Waals surface area (Å²) in [4.78, 5) is 0.293. The van der Waals surface area contributed by atoms with E-state index in [4.69, 9.17) is 5.73 Å². The van der Waals surface area contributed by atoms with Crippen molar-refractivity contribution in [2.24, 2.45) is 5.92 Å². The van der Waals surface area contributed by atoms with Gasteiger partial charge in [-0.25, -0.2) is 8.42 Å². The Kier molecular flexibility index (Phi) is 4.33. The smallest absolute Gasteiger partial charge is 0.243 e. The molecule has 5 nitrogen and oxygen atoms in total. The summed E-state index contributed by atoms with van der Waals surface area (Å²) < 4.78 is 27.3. The topological polar surface area (TPSA) is 83.6 Å². The lowest BCUT2D eigenvalue weighted by Gasteiger charge is -2.34. The van der Waals surface area contributed by atoms with E-state index in [-0.39, 0.29) is 12.5 Å². The number of nitrogens with zero attached hydrogens (tertiary/aromatic N) is 1. The number of benzene rings is 1. The molecule has 0 spiro atoms. The second-order valence-electron chi connectivity index (χ2n) is 6.06. The van der Waals surface area contributed by atoms with Crippen LogP contribution in [0.25, 0.3) is 0 Å². The number of anilines is 1. The molecule has 0 saturated carbocycles. The van der Waals surface area contributed by atoms with Crippen LogP contribution in [-0.2, 0) is 10.0 Å². The number of piperidine rings is 1. The second-order valence-corrected chi connectivity index (χ2v) is 7.93. The van der Waals surface area contributed by atoms with E-state index in [1.54, 1.807) is 19.9 Å². The highest BCUT2D eigenvalue weighted by molar-refractivity contribution is 7.89. The van der Waals surface area contributed by atoms with Crippen LogP contribution in [0.5, 0.6) is 0 Å². The maximum Gasteiger partial charge on any atom is 0.243 e. The molecule has 1 fully saturated rings. The van der Waals surface area contributed by atoms with Crippen LogP contribution in [0.15, 0.2) is 11.0 Å². The number of hydrogen-bond donors (Lipinski definition) is 2. The van der Waals surface area contributed by atoms with Crippen LogP contribution in [-0.4, -0.2) is 37.0 Å². The maximum absolute atomic E-state index is 12.9. The minimum absolute atomic E-state index is 0.126. The van der Waals surface area contributed by atoms with Crippen molar-refractivity contribution in [1.82, 2.24) is 4.31 Å². The third-order valence-corrected chi connectivity index (χ3v) is 6.70. The number of aliphatic hydroxyl groups is 1. The van der Waals surface area contributed by atoms with Crippen molar-refractivity contribution in [2.75, 3.05) is 18.8 Å². The maximum atomic E-state index is 12.9. The molecule has 1 heterocycles. The van der Waals surface area contributed by atoms with Gasteiger partial charge in [0, 0.05) is 18.8 Å². The summed E-state index contributed by atoms with van der Waals surface area (Å²) in [5, 5.41) is 9.98. The minimum atomic E-state index is -3.63. The molecule has 1 aliphatic heterocycles. The van der Waals surface area contributed by atoms with E-state index < -0.39 is 16.1 Å². The Morgan fingerprint density at radius 2 is 1.90 bits per heavy atom. The molecule has 0 radical (unpaired) electrons. The first-order valence-electron chi connectivity index (χ1n) is 7.20. The van der Waals surface area contributed by atoms with Gasteiger partial charge in [-0.3, -0.25) is 0 Å². The number of β-amino-alcohol motifs (C(OH)–C–C–N with tert-alkyl or cyclic N) is 1. The monoisotopic (exact) mass is 312 g/mol. The average Bonchev–Trinajstić information content (AvgIpc) is 2.39. The molecule has 1 aromatic rings. The molecular weight excluding hydrogens is 288 g/mol. The van der Waals surface area contributed by atoms with Crippen LogP contribution in [0.1, 0.15) is 30.0 Å². The molecule has 0 aromatic heterocycles. The first-order valence-corrected chi connectivity index (χ1v) is 8.64. The number of nitrogen functional groups attached to an aromatic ring is 1. The van der Waals surface area contributed by atoms with Gasteiger partial charge in [0.25, 0.3) is 0 Å². The van der Waals surface area contributed by atoms with E-state index in [0.29, 0.717) is 29.1 Å². The fraction of sp³-hybridized carbons (Fsp3) is 0.600. The lowest BCUT2D eigenvalue weighted by molar-refractivity contribution is 0.0605. The Bertz CT molecular complexity index is 629. The van der Waals surface area contributed by atoms with Gasteiger partial charge in [-0.1, -0.05) is 6.92 Å².